The zero-order valence-electron chi connectivity index (χ0n) is 16.7. The lowest BCUT2D eigenvalue weighted by molar-refractivity contribution is -0.121. The van der Waals surface area contributed by atoms with E-state index in [-0.39, 0.29) is 18.0 Å². The summed E-state index contributed by atoms with van der Waals surface area (Å²) in [4.78, 5) is 31.9. The molecule has 10 heteroatoms. The number of hydrogen-bond donors (Lipinski definition) is 1. The number of carbonyl (C=O) groups is 1. The maximum Gasteiger partial charge on any atom is 0.281 e. The predicted octanol–water partition coefficient (Wildman–Crippen LogP) is 2.18. The van der Waals surface area contributed by atoms with E-state index in [2.05, 4.69) is 10.4 Å². The number of amides is 1. The lowest BCUT2D eigenvalue weighted by atomic mass is 9.99. The molecule has 8 nitrogen and oxygen atoms in total. The zero-order chi connectivity index (χ0) is 21.5. The van der Waals surface area contributed by atoms with Gasteiger partial charge in [-0.3, -0.25) is 15.0 Å². The van der Waals surface area contributed by atoms with Gasteiger partial charge in [0.25, 0.3) is 5.56 Å². The van der Waals surface area contributed by atoms with Gasteiger partial charge in [-0.25, -0.2) is 22.4 Å². The van der Waals surface area contributed by atoms with Gasteiger partial charge in [0.05, 0.1) is 17.6 Å². The summed E-state index contributed by atoms with van der Waals surface area (Å²) >= 11 is 1.44. The fourth-order valence-electron chi connectivity index (χ4n) is 3.80. The minimum absolute atomic E-state index is 0.113. The van der Waals surface area contributed by atoms with Gasteiger partial charge in [0.2, 0.25) is 15.9 Å². The first-order valence-corrected chi connectivity index (χ1v) is 12.2. The molecule has 3 heterocycles. The second kappa shape index (κ2) is 7.93. The van der Waals surface area contributed by atoms with Crippen LogP contribution in [0.15, 0.2) is 41.5 Å². The Balaban J connectivity index is 1.66. The number of sulfonamides is 1. The molecule has 1 fully saturated rings. The van der Waals surface area contributed by atoms with E-state index in [9.17, 15) is 18.0 Å². The number of nitrogens with one attached hydrogen (secondary N) is 1. The maximum atomic E-state index is 13.2. The number of hydrogen-bond acceptors (Lipinski definition) is 6. The van der Waals surface area contributed by atoms with Crippen LogP contribution < -0.4 is 11.0 Å². The summed E-state index contributed by atoms with van der Waals surface area (Å²) in [5.41, 5.74) is 4.00. The van der Waals surface area contributed by atoms with Crippen LogP contribution in [0.2, 0.25) is 0 Å². The Bertz CT molecular complexity index is 1270. The molecule has 30 heavy (non-hydrogen) atoms. The molecule has 158 valence electrons. The van der Waals surface area contributed by atoms with Gasteiger partial charge in [0, 0.05) is 23.5 Å². The van der Waals surface area contributed by atoms with Crippen LogP contribution in [0.5, 0.6) is 0 Å². The van der Waals surface area contributed by atoms with Gasteiger partial charge in [-0.05, 0) is 25.3 Å². The van der Waals surface area contributed by atoms with Gasteiger partial charge in [-0.15, -0.1) is 11.3 Å². The Morgan fingerprint density at radius 1 is 1.27 bits per heavy atom. The van der Waals surface area contributed by atoms with Crippen molar-refractivity contribution in [2.45, 2.75) is 19.8 Å². The number of aryl methyl sites for hydroxylation is 1. The van der Waals surface area contributed by atoms with E-state index in [1.54, 1.807) is 0 Å². The molecule has 0 bridgehead atoms. The van der Waals surface area contributed by atoms with Gasteiger partial charge in [-0.1, -0.05) is 30.3 Å². The molecule has 1 aliphatic heterocycles. The molecule has 1 unspecified atom stereocenters. The molecule has 0 aliphatic carbocycles. The number of aromatic nitrogens is 2. The third-order valence-corrected chi connectivity index (χ3v) is 7.59. The van der Waals surface area contributed by atoms with Crippen LogP contribution in [0, 0.1) is 12.8 Å². The van der Waals surface area contributed by atoms with Crippen LogP contribution in [0.4, 0.5) is 0 Å². The topological polar surface area (TPSA) is 101 Å². The minimum Gasteiger partial charge on any atom is -0.273 e. The van der Waals surface area contributed by atoms with Crippen LogP contribution >= 0.6 is 11.3 Å². The Morgan fingerprint density at radius 3 is 2.70 bits per heavy atom. The van der Waals surface area contributed by atoms with Gasteiger partial charge in [-0.2, -0.15) is 0 Å². The molecule has 1 saturated heterocycles. The number of nitrogens with zero attached hydrogens (tertiary/aromatic N) is 3. The van der Waals surface area contributed by atoms with Crippen molar-refractivity contribution in [3.8, 4) is 11.1 Å². The molecule has 1 aliphatic rings. The molecule has 0 radical (unpaired) electrons. The molecule has 0 spiro atoms. The summed E-state index contributed by atoms with van der Waals surface area (Å²) in [5.74, 6) is -0.909. The number of thiophene rings is 1. The molecule has 0 saturated carbocycles. The van der Waals surface area contributed by atoms with E-state index < -0.39 is 15.9 Å². The molecule has 1 atom stereocenters. The summed E-state index contributed by atoms with van der Waals surface area (Å²) in [6.45, 7) is 2.46. The highest BCUT2D eigenvalue weighted by atomic mass is 32.2. The average molecular weight is 447 g/mol. The molecule has 1 amide bonds. The summed E-state index contributed by atoms with van der Waals surface area (Å²) in [6.07, 6.45) is 3.61. The number of carbonyl (C=O) groups excluding carboxylic acids is 1. The molecule has 3 aromatic rings. The van der Waals surface area contributed by atoms with Crippen molar-refractivity contribution in [1.82, 2.24) is 14.0 Å². The standard InChI is InChI=1S/C20H22N4O4S2/c1-13-16(14-7-4-3-5-8-14)17-19(29-13)21-12-24(20(17)26)22-18(25)15-9-6-10-23(11-15)30(2,27)28/h3-5,7-8,12,15H,6,9-11H2,1-2H3,(H,22,25). The highest BCUT2D eigenvalue weighted by molar-refractivity contribution is 7.88. The lowest BCUT2D eigenvalue weighted by Gasteiger charge is -2.30. The van der Waals surface area contributed by atoms with Crippen LogP contribution in [0.3, 0.4) is 0 Å². The quantitative estimate of drug-likeness (QED) is 0.662. The van der Waals surface area contributed by atoms with Crippen molar-refractivity contribution in [1.29, 1.82) is 0 Å². The Labute approximate surface area is 178 Å². The van der Waals surface area contributed by atoms with Crippen LogP contribution in [0.25, 0.3) is 21.3 Å². The second-order valence-electron chi connectivity index (χ2n) is 7.44. The van der Waals surface area contributed by atoms with E-state index in [4.69, 9.17) is 0 Å². The van der Waals surface area contributed by atoms with Gasteiger partial charge in [0.15, 0.2) is 0 Å². The highest BCUT2D eigenvalue weighted by Gasteiger charge is 2.30. The first-order valence-electron chi connectivity index (χ1n) is 9.58. The van der Waals surface area contributed by atoms with E-state index in [1.165, 1.54) is 22.0 Å². The van der Waals surface area contributed by atoms with Crippen molar-refractivity contribution < 1.29 is 13.2 Å². The normalized spacial score (nSPS) is 17.9. The Kier molecular flexibility index (Phi) is 5.48. The average Bonchev–Trinajstić information content (AvgIpc) is 3.07. The van der Waals surface area contributed by atoms with Crippen LogP contribution in [-0.4, -0.2) is 47.6 Å². The predicted molar refractivity (Wildman–Crippen MR) is 118 cm³/mol. The first kappa shape index (κ1) is 20.7. The van der Waals surface area contributed by atoms with Crippen molar-refractivity contribution in [2.75, 3.05) is 24.8 Å². The summed E-state index contributed by atoms with van der Waals surface area (Å²) < 4.78 is 26.0. The minimum atomic E-state index is -3.36. The molecule has 1 N–H and O–H groups in total. The smallest absolute Gasteiger partial charge is 0.273 e. The van der Waals surface area contributed by atoms with Crippen molar-refractivity contribution in [2.24, 2.45) is 5.92 Å². The number of fused-ring (bicyclic) bond motifs is 1. The summed E-state index contributed by atoms with van der Waals surface area (Å²) in [6, 6.07) is 9.60. The van der Waals surface area contributed by atoms with Gasteiger partial charge in [0.1, 0.15) is 11.2 Å². The second-order valence-corrected chi connectivity index (χ2v) is 10.6. The van der Waals surface area contributed by atoms with E-state index >= 15 is 0 Å². The zero-order valence-corrected chi connectivity index (χ0v) is 18.3. The van der Waals surface area contributed by atoms with E-state index in [0.717, 1.165) is 26.9 Å². The Morgan fingerprint density at radius 2 is 2.00 bits per heavy atom. The van der Waals surface area contributed by atoms with Crippen molar-refractivity contribution in [3.63, 3.8) is 0 Å². The van der Waals surface area contributed by atoms with Crippen LogP contribution in [0.1, 0.15) is 17.7 Å². The third kappa shape index (κ3) is 3.90. The number of piperidine rings is 1. The molecular formula is C20H22N4O4S2. The van der Waals surface area contributed by atoms with E-state index in [1.807, 2.05) is 37.3 Å². The van der Waals surface area contributed by atoms with Crippen LogP contribution in [-0.2, 0) is 14.8 Å². The SMILES string of the molecule is Cc1sc2ncn(NC(=O)C3CCCN(S(C)(=O)=O)C3)c(=O)c2c1-c1ccccc1. The monoisotopic (exact) mass is 446 g/mol. The molecule has 4 rings (SSSR count). The Hall–Kier alpha value is -2.56. The van der Waals surface area contributed by atoms with Crippen molar-refractivity contribution in [3.05, 3.63) is 51.9 Å². The number of rotatable bonds is 4. The number of benzene rings is 1. The molecular weight excluding hydrogens is 424 g/mol. The fraction of sp³-hybridized carbons (Fsp3) is 0.350. The first-order chi connectivity index (χ1) is 14.3. The molecule has 2 aromatic heterocycles. The van der Waals surface area contributed by atoms with Gasteiger partial charge < -0.3 is 0 Å². The third-order valence-electron chi connectivity index (χ3n) is 5.31. The van der Waals surface area contributed by atoms with E-state index in [0.29, 0.717) is 29.6 Å². The summed E-state index contributed by atoms with van der Waals surface area (Å²) in [5, 5.41) is 0.466. The van der Waals surface area contributed by atoms with Gasteiger partial charge >= 0.3 is 0 Å². The highest BCUT2D eigenvalue weighted by Crippen LogP contribution is 2.35. The van der Waals surface area contributed by atoms with Crippen molar-refractivity contribution >= 4 is 37.5 Å². The lowest BCUT2D eigenvalue weighted by Crippen LogP contribution is -2.45. The largest absolute Gasteiger partial charge is 0.281 e. The maximum absolute atomic E-state index is 13.2. The fourth-order valence-corrected chi connectivity index (χ4v) is 5.72. The molecule has 1 aromatic carbocycles. The summed E-state index contributed by atoms with van der Waals surface area (Å²) in [7, 11) is -3.36.